The van der Waals surface area contributed by atoms with Crippen molar-refractivity contribution in [3.05, 3.63) is 69.2 Å². The Morgan fingerprint density at radius 2 is 2.03 bits per heavy atom. The first-order chi connectivity index (χ1) is 15.8. The van der Waals surface area contributed by atoms with Crippen molar-refractivity contribution in [1.29, 1.82) is 0 Å². The van der Waals surface area contributed by atoms with E-state index in [1.54, 1.807) is 30.4 Å². The number of aryl methyl sites for hydroxylation is 2. The van der Waals surface area contributed by atoms with Crippen molar-refractivity contribution in [2.75, 3.05) is 13.1 Å². The van der Waals surface area contributed by atoms with E-state index in [2.05, 4.69) is 10.5 Å². The molecule has 33 heavy (non-hydrogen) atoms. The van der Waals surface area contributed by atoms with E-state index >= 15 is 0 Å². The first-order valence-corrected chi connectivity index (χ1v) is 13.2. The van der Waals surface area contributed by atoms with Crippen LogP contribution < -0.4 is 5.32 Å². The highest BCUT2D eigenvalue weighted by Crippen LogP contribution is 2.29. The van der Waals surface area contributed by atoms with Gasteiger partial charge in [0.15, 0.2) is 10.7 Å². The summed E-state index contributed by atoms with van der Waals surface area (Å²) in [7, 11) is -3.87. The predicted molar refractivity (Wildman–Crippen MR) is 129 cm³/mol. The summed E-state index contributed by atoms with van der Waals surface area (Å²) in [5, 5.41) is 8.80. The Bertz CT molecular complexity index is 1230. The molecular weight excluding hydrogens is 458 g/mol. The molecule has 1 N–H and O–H groups in total. The van der Waals surface area contributed by atoms with E-state index in [-0.39, 0.29) is 29.0 Å². The molecule has 1 amide bonds. The van der Waals surface area contributed by atoms with Crippen molar-refractivity contribution in [2.45, 2.75) is 38.1 Å². The van der Waals surface area contributed by atoms with Gasteiger partial charge in [0.25, 0.3) is 0 Å². The quantitative estimate of drug-likeness (QED) is 0.540. The molecule has 1 atom stereocenters. The number of thiophene rings is 1. The molecule has 0 radical (unpaired) electrons. The zero-order valence-corrected chi connectivity index (χ0v) is 20.3. The van der Waals surface area contributed by atoms with Crippen LogP contribution in [-0.2, 0) is 21.4 Å². The van der Waals surface area contributed by atoms with Crippen LogP contribution in [-0.4, -0.2) is 36.9 Å². The molecule has 9 heteroatoms. The third-order valence-corrected chi connectivity index (χ3v) is 8.61. The van der Waals surface area contributed by atoms with Crippen LogP contribution in [0.3, 0.4) is 0 Å². The first-order valence-electron chi connectivity index (χ1n) is 10.9. The summed E-state index contributed by atoms with van der Waals surface area (Å²) in [4.78, 5) is 13.8. The van der Waals surface area contributed by atoms with Gasteiger partial charge in [-0.1, -0.05) is 47.1 Å². The molecule has 174 valence electrons. The van der Waals surface area contributed by atoms with Gasteiger partial charge in [0.05, 0.1) is 12.5 Å². The van der Waals surface area contributed by atoms with E-state index in [0.717, 1.165) is 16.0 Å². The zero-order valence-electron chi connectivity index (χ0n) is 18.7. The van der Waals surface area contributed by atoms with Gasteiger partial charge in [-0.05, 0) is 49.8 Å². The summed E-state index contributed by atoms with van der Waals surface area (Å²) >= 11 is 1.58. The van der Waals surface area contributed by atoms with Gasteiger partial charge in [0.2, 0.25) is 15.9 Å². The number of carbonyl (C=O) groups is 1. The number of carbonyl (C=O) groups excluding carboxylic acids is 1. The van der Waals surface area contributed by atoms with Crippen LogP contribution in [0.4, 0.5) is 0 Å². The minimum absolute atomic E-state index is 0.0607. The number of amides is 1. The normalized spacial score (nSPS) is 17.5. The van der Waals surface area contributed by atoms with Crippen LogP contribution in [0, 0.1) is 19.8 Å². The van der Waals surface area contributed by atoms with Crippen molar-refractivity contribution in [1.82, 2.24) is 14.8 Å². The number of hydrogen-bond donors (Lipinski definition) is 1. The molecule has 7 nitrogen and oxygen atoms in total. The second kappa shape index (κ2) is 10.0. The molecule has 1 aliphatic rings. The number of sulfonamides is 1. The summed E-state index contributed by atoms with van der Waals surface area (Å²) in [5.74, 6) is -0.317. The lowest BCUT2D eigenvalue weighted by Gasteiger charge is -2.31. The van der Waals surface area contributed by atoms with Gasteiger partial charge in [-0.3, -0.25) is 4.79 Å². The Balaban J connectivity index is 1.50. The molecule has 3 aromatic rings. The van der Waals surface area contributed by atoms with Crippen molar-refractivity contribution in [2.24, 2.45) is 5.92 Å². The van der Waals surface area contributed by atoms with Crippen LogP contribution >= 0.6 is 11.3 Å². The van der Waals surface area contributed by atoms with Gasteiger partial charge >= 0.3 is 0 Å². The summed E-state index contributed by atoms with van der Waals surface area (Å²) in [5.41, 5.74) is 2.38. The number of aromatic nitrogens is 1. The molecule has 1 aromatic carbocycles. The van der Waals surface area contributed by atoms with Crippen molar-refractivity contribution in [3.63, 3.8) is 0 Å². The molecule has 0 spiro atoms. The SMILES string of the molecule is Cc1ccc(/C=C/c2onc(C)c2S(=O)(=O)N2CCC[C@@H](C(=O)NCc3cccs3)C2)cc1. The Morgan fingerprint density at radius 3 is 2.76 bits per heavy atom. The third kappa shape index (κ3) is 5.43. The molecule has 1 saturated heterocycles. The number of piperidine rings is 1. The van der Waals surface area contributed by atoms with Crippen molar-refractivity contribution >= 4 is 39.4 Å². The van der Waals surface area contributed by atoms with Gasteiger partial charge in [0.1, 0.15) is 5.69 Å². The number of nitrogens with zero attached hydrogens (tertiary/aromatic N) is 2. The molecule has 0 unspecified atom stereocenters. The maximum atomic E-state index is 13.5. The molecule has 0 aliphatic carbocycles. The van der Waals surface area contributed by atoms with Gasteiger partial charge in [0, 0.05) is 18.0 Å². The molecule has 3 heterocycles. The predicted octanol–water partition coefficient (Wildman–Crippen LogP) is 4.24. The molecule has 1 aliphatic heterocycles. The van der Waals surface area contributed by atoms with E-state index in [0.29, 0.717) is 31.6 Å². The summed E-state index contributed by atoms with van der Waals surface area (Å²) in [6.07, 6.45) is 4.71. The minimum atomic E-state index is -3.87. The second-order valence-corrected chi connectivity index (χ2v) is 11.1. The van der Waals surface area contributed by atoms with Gasteiger partial charge < -0.3 is 9.84 Å². The number of nitrogens with one attached hydrogen (secondary N) is 1. The Kier molecular flexibility index (Phi) is 7.11. The van der Waals surface area contributed by atoms with Crippen LogP contribution in [0.25, 0.3) is 12.2 Å². The van der Waals surface area contributed by atoms with Crippen LogP contribution in [0.1, 0.15) is 40.3 Å². The highest BCUT2D eigenvalue weighted by Gasteiger charge is 2.36. The molecule has 0 bridgehead atoms. The fraction of sp³-hybridized carbons (Fsp3) is 0.333. The largest absolute Gasteiger partial charge is 0.355 e. The molecule has 1 fully saturated rings. The lowest BCUT2D eigenvalue weighted by Crippen LogP contribution is -2.45. The van der Waals surface area contributed by atoms with Gasteiger partial charge in [-0.2, -0.15) is 4.31 Å². The van der Waals surface area contributed by atoms with Crippen LogP contribution in [0.15, 0.2) is 51.2 Å². The highest BCUT2D eigenvalue weighted by molar-refractivity contribution is 7.89. The Morgan fingerprint density at radius 1 is 1.24 bits per heavy atom. The second-order valence-electron chi connectivity index (χ2n) is 8.20. The number of benzene rings is 1. The Labute approximate surface area is 198 Å². The van der Waals surface area contributed by atoms with Gasteiger partial charge in [-0.25, -0.2) is 8.42 Å². The summed E-state index contributed by atoms with van der Waals surface area (Å²) in [6.45, 7) is 4.59. The lowest BCUT2D eigenvalue weighted by atomic mass is 9.99. The van der Waals surface area contributed by atoms with E-state index in [9.17, 15) is 13.2 Å². The monoisotopic (exact) mass is 485 g/mol. The molecule has 4 rings (SSSR count). The van der Waals surface area contributed by atoms with Crippen molar-refractivity contribution in [3.8, 4) is 0 Å². The standard InChI is InChI=1S/C24H27N3O4S2/c1-17-7-9-19(10-8-17)11-12-22-23(18(2)26-31-22)33(29,30)27-13-3-5-20(16-27)24(28)25-15-21-6-4-14-32-21/h4,6-12,14,20H,3,5,13,15-16H2,1-2H3,(H,25,28)/b12-11+/t20-/m1/s1. The maximum absolute atomic E-state index is 13.5. The van der Waals surface area contributed by atoms with E-state index in [1.807, 2.05) is 48.7 Å². The average Bonchev–Trinajstić information content (AvgIpc) is 3.47. The molecular formula is C24H27N3O4S2. The Hall–Kier alpha value is -2.75. The fourth-order valence-corrected chi connectivity index (χ4v) is 6.30. The topological polar surface area (TPSA) is 92.5 Å². The highest BCUT2D eigenvalue weighted by atomic mass is 32.2. The smallest absolute Gasteiger partial charge is 0.248 e. The summed E-state index contributed by atoms with van der Waals surface area (Å²) in [6, 6.07) is 11.8. The van der Waals surface area contributed by atoms with Crippen LogP contribution in [0.2, 0.25) is 0 Å². The van der Waals surface area contributed by atoms with E-state index < -0.39 is 10.0 Å². The fourth-order valence-electron chi connectivity index (χ4n) is 3.88. The summed E-state index contributed by atoms with van der Waals surface area (Å²) < 4.78 is 33.8. The zero-order chi connectivity index (χ0) is 23.4. The van der Waals surface area contributed by atoms with Crippen LogP contribution in [0.5, 0.6) is 0 Å². The molecule has 0 saturated carbocycles. The number of rotatable bonds is 7. The first kappa shape index (κ1) is 23.4. The lowest BCUT2D eigenvalue weighted by molar-refractivity contribution is -0.126. The minimum Gasteiger partial charge on any atom is -0.355 e. The van der Waals surface area contributed by atoms with E-state index in [1.165, 1.54) is 4.31 Å². The van der Waals surface area contributed by atoms with E-state index in [4.69, 9.17) is 4.52 Å². The maximum Gasteiger partial charge on any atom is 0.248 e. The number of hydrogen-bond acceptors (Lipinski definition) is 6. The van der Waals surface area contributed by atoms with Gasteiger partial charge in [-0.15, -0.1) is 11.3 Å². The third-order valence-electron chi connectivity index (χ3n) is 5.71. The average molecular weight is 486 g/mol. The van der Waals surface area contributed by atoms with Crippen molar-refractivity contribution < 1.29 is 17.7 Å². The molecule has 2 aromatic heterocycles.